The third-order valence-electron chi connectivity index (χ3n) is 1.32. The number of unbranched alkanes of at least 4 members (excludes halogenated alkanes) is 1. The molecule has 0 spiro atoms. The second-order valence-electron chi connectivity index (χ2n) is 2.26. The van der Waals surface area contributed by atoms with E-state index in [-0.39, 0.29) is 6.61 Å². The number of carbonyl (C=O) groups is 1. The Morgan fingerprint density at radius 2 is 2.10 bits per heavy atom. The van der Waals surface area contributed by atoms with Crippen molar-refractivity contribution in [2.24, 2.45) is 0 Å². The largest absolute Gasteiger partial charge is 0.396 e. The zero-order valence-corrected chi connectivity index (χ0v) is 5.99. The van der Waals surface area contributed by atoms with Crippen molar-refractivity contribution in [2.45, 2.75) is 31.8 Å². The van der Waals surface area contributed by atoms with Gasteiger partial charge in [-0.15, -0.1) is 0 Å². The molecule has 3 nitrogen and oxygen atoms in total. The van der Waals surface area contributed by atoms with E-state index in [1.807, 2.05) is 0 Å². The van der Waals surface area contributed by atoms with Crippen molar-refractivity contribution in [3.8, 4) is 0 Å². The molecule has 0 saturated heterocycles. The van der Waals surface area contributed by atoms with Gasteiger partial charge >= 0.3 is 0 Å². The minimum atomic E-state index is -0.440. The van der Waals surface area contributed by atoms with Gasteiger partial charge in [0.2, 0.25) is 0 Å². The highest BCUT2D eigenvalue weighted by Crippen LogP contribution is 2.01. The lowest BCUT2D eigenvalue weighted by molar-refractivity contribution is -0.108. The molecule has 1 atom stereocenters. The van der Waals surface area contributed by atoms with E-state index >= 15 is 0 Å². The molecular weight excluding hydrogens is 132 g/mol. The number of aldehydes is 1. The Labute approximate surface area is 60.7 Å². The summed E-state index contributed by atoms with van der Waals surface area (Å²) in [6, 6.07) is 0. The van der Waals surface area contributed by atoms with Crippen LogP contribution in [0, 0.1) is 0 Å². The molecule has 0 radical (unpaired) electrons. The molecular formula is C7H14O3. The van der Waals surface area contributed by atoms with Crippen molar-refractivity contribution in [3.63, 3.8) is 0 Å². The monoisotopic (exact) mass is 146 g/mol. The van der Waals surface area contributed by atoms with Crippen LogP contribution in [0.3, 0.4) is 0 Å². The van der Waals surface area contributed by atoms with Gasteiger partial charge in [-0.05, 0) is 19.3 Å². The molecule has 10 heavy (non-hydrogen) atoms. The SMILES string of the molecule is O=CCCCC(O)CCO. The molecule has 0 rings (SSSR count). The van der Waals surface area contributed by atoms with E-state index < -0.39 is 6.10 Å². The average Bonchev–Trinajstić information content (AvgIpc) is 1.89. The minimum Gasteiger partial charge on any atom is -0.396 e. The molecule has 0 bridgehead atoms. The van der Waals surface area contributed by atoms with Gasteiger partial charge in [0.05, 0.1) is 6.10 Å². The highest BCUT2D eigenvalue weighted by Gasteiger charge is 2.00. The first kappa shape index (κ1) is 9.59. The summed E-state index contributed by atoms with van der Waals surface area (Å²) in [5.41, 5.74) is 0. The van der Waals surface area contributed by atoms with Gasteiger partial charge in [0.15, 0.2) is 0 Å². The van der Waals surface area contributed by atoms with Crippen LogP contribution in [0.2, 0.25) is 0 Å². The Balaban J connectivity index is 3.04. The summed E-state index contributed by atoms with van der Waals surface area (Å²) in [6.07, 6.45) is 2.64. The first-order chi connectivity index (χ1) is 4.81. The number of hydrogen-bond donors (Lipinski definition) is 2. The molecule has 0 heterocycles. The van der Waals surface area contributed by atoms with Crippen LogP contribution in [0.5, 0.6) is 0 Å². The van der Waals surface area contributed by atoms with Crippen LogP contribution < -0.4 is 0 Å². The van der Waals surface area contributed by atoms with Gasteiger partial charge in [-0.3, -0.25) is 0 Å². The van der Waals surface area contributed by atoms with E-state index in [1.54, 1.807) is 0 Å². The Kier molecular flexibility index (Phi) is 6.43. The van der Waals surface area contributed by atoms with Gasteiger partial charge in [-0.25, -0.2) is 0 Å². The van der Waals surface area contributed by atoms with Gasteiger partial charge in [-0.2, -0.15) is 0 Å². The van der Waals surface area contributed by atoms with Gasteiger partial charge in [0.25, 0.3) is 0 Å². The maximum Gasteiger partial charge on any atom is 0.119 e. The third kappa shape index (κ3) is 5.72. The van der Waals surface area contributed by atoms with E-state index in [1.165, 1.54) is 0 Å². The van der Waals surface area contributed by atoms with E-state index in [2.05, 4.69) is 0 Å². The molecule has 3 heteroatoms. The summed E-state index contributed by atoms with van der Waals surface area (Å²) in [4.78, 5) is 9.81. The summed E-state index contributed by atoms with van der Waals surface area (Å²) in [6.45, 7) is 0.0161. The second kappa shape index (κ2) is 6.71. The molecule has 0 aromatic heterocycles. The van der Waals surface area contributed by atoms with Crippen molar-refractivity contribution >= 4 is 6.29 Å². The van der Waals surface area contributed by atoms with Crippen LogP contribution in [-0.2, 0) is 4.79 Å². The van der Waals surface area contributed by atoms with E-state index in [0.29, 0.717) is 25.7 Å². The van der Waals surface area contributed by atoms with E-state index in [9.17, 15) is 4.79 Å². The van der Waals surface area contributed by atoms with Crippen molar-refractivity contribution in [1.29, 1.82) is 0 Å². The predicted molar refractivity (Wildman–Crippen MR) is 37.6 cm³/mol. The molecule has 0 aliphatic rings. The summed E-state index contributed by atoms with van der Waals surface area (Å²) in [5, 5.41) is 17.4. The fourth-order valence-electron chi connectivity index (χ4n) is 0.730. The highest BCUT2D eigenvalue weighted by atomic mass is 16.3. The van der Waals surface area contributed by atoms with E-state index in [4.69, 9.17) is 10.2 Å². The quantitative estimate of drug-likeness (QED) is 0.412. The first-order valence-corrected chi connectivity index (χ1v) is 3.53. The molecule has 0 amide bonds. The lowest BCUT2D eigenvalue weighted by Crippen LogP contribution is -2.08. The van der Waals surface area contributed by atoms with Gasteiger partial charge in [0.1, 0.15) is 6.29 Å². The predicted octanol–water partition coefficient (Wildman–Crippen LogP) is 0.0989. The molecule has 0 aliphatic carbocycles. The highest BCUT2D eigenvalue weighted by molar-refractivity contribution is 5.48. The van der Waals surface area contributed by atoms with E-state index in [0.717, 1.165) is 6.29 Å². The fourth-order valence-corrected chi connectivity index (χ4v) is 0.730. The zero-order chi connectivity index (χ0) is 7.82. The Bertz CT molecular complexity index is 82.9. The lowest BCUT2D eigenvalue weighted by atomic mass is 10.1. The van der Waals surface area contributed by atoms with Crippen LogP contribution in [-0.4, -0.2) is 29.2 Å². The Morgan fingerprint density at radius 3 is 2.60 bits per heavy atom. The summed E-state index contributed by atoms with van der Waals surface area (Å²) >= 11 is 0. The molecule has 0 saturated carbocycles. The summed E-state index contributed by atoms with van der Waals surface area (Å²) in [5.74, 6) is 0. The lowest BCUT2D eigenvalue weighted by Gasteiger charge is -2.05. The van der Waals surface area contributed by atoms with Crippen molar-refractivity contribution in [2.75, 3.05) is 6.61 Å². The third-order valence-corrected chi connectivity index (χ3v) is 1.32. The number of aliphatic hydroxyl groups excluding tert-OH is 2. The van der Waals surface area contributed by atoms with Gasteiger partial charge in [0, 0.05) is 13.0 Å². The fraction of sp³-hybridized carbons (Fsp3) is 0.857. The van der Waals surface area contributed by atoms with Crippen molar-refractivity contribution in [1.82, 2.24) is 0 Å². The van der Waals surface area contributed by atoms with Gasteiger partial charge < -0.3 is 15.0 Å². The number of rotatable bonds is 6. The Hall–Kier alpha value is -0.410. The molecule has 0 aromatic carbocycles. The number of carbonyl (C=O) groups excluding carboxylic acids is 1. The average molecular weight is 146 g/mol. The molecule has 1 unspecified atom stereocenters. The van der Waals surface area contributed by atoms with Crippen molar-refractivity contribution in [3.05, 3.63) is 0 Å². The standard InChI is InChI=1S/C7H14O3/c8-5-2-1-3-7(10)4-6-9/h5,7,9-10H,1-4,6H2. The van der Waals surface area contributed by atoms with Gasteiger partial charge in [-0.1, -0.05) is 0 Å². The Morgan fingerprint density at radius 1 is 1.40 bits per heavy atom. The van der Waals surface area contributed by atoms with Crippen LogP contribution in [0.1, 0.15) is 25.7 Å². The molecule has 0 fully saturated rings. The second-order valence-corrected chi connectivity index (χ2v) is 2.26. The number of hydrogen-bond acceptors (Lipinski definition) is 3. The molecule has 2 N–H and O–H groups in total. The van der Waals surface area contributed by atoms with Crippen LogP contribution in [0.4, 0.5) is 0 Å². The summed E-state index contributed by atoms with van der Waals surface area (Å²) in [7, 11) is 0. The topological polar surface area (TPSA) is 57.5 Å². The smallest absolute Gasteiger partial charge is 0.119 e. The van der Waals surface area contributed by atoms with Crippen LogP contribution in [0.25, 0.3) is 0 Å². The summed E-state index contributed by atoms with van der Waals surface area (Å²) < 4.78 is 0. The normalized spacial score (nSPS) is 13.0. The molecule has 0 aliphatic heterocycles. The number of aliphatic hydroxyl groups is 2. The van der Waals surface area contributed by atoms with Crippen LogP contribution >= 0.6 is 0 Å². The molecule has 0 aromatic rings. The first-order valence-electron chi connectivity index (χ1n) is 3.53. The maximum atomic E-state index is 9.81. The molecule has 60 valence electrons. The minimum absolute atomic E-state index is 0.0161. The van der Waals surface area contributed by atoms with Crippen LogP contribution in [0.15, 0.2) is 0 Å². The maximum absolute atomic E-state index is 9.81. The van der Waals surface area contributed by atoms with Crippen molar-refractivity contribution < 1.29 is 15.0 Å². The zero-order valence-electron chi connectivity index (χ0n) is 5.99.